The SMILES string of the molecule is NC1CCCN(C2=NN(c3ccc(F)cc3)Cc3ccccc32)C1. The van der Waals surface area contributed by atoms with Crippen LogP contribution in [0.1, 0.15) is 24.0 Å². The van der Waals surface area contributed by atoms with E-state index in [-0.39, 0.29) is 11.9 Å². The highest BCUT2D eigenvalue weighted by molar-refractivity contribution is 6.01. The molecule has 0 spiro atoms. The summed E-state index contributed by atoms with van der Waals surface area (Å²) in [5.41, 5.74) is 9.45. The van der Waals surface area contributed by atoms with E-state index < -0.39 is 0 Å². The molecule has 4 nitrogen and oxygen atoms in total. The number of hydrazone groups is 1. The zero-order valence-corrected chi connectivity index (χ0v) is 13.5. The number of piperidine rings is 1. The van der Waals surface area contributed by atoms with Crippen molar-refractivity contribution in [1.29, 1.82) is 0 Å². The Morgan fingerprint density at radius 1 is 1.08 bits per heavy atom. The topological polar surface area (TPSA) is 44.9 Å². The molecule has 1 fully saturated rings. The fourth-order valence-electron chi connectivity index (χ4n) is 3.44. The first-order valence-electron chi connectivity index (χ1n) is 8.41. The average Bonchev–Trinajstić information content (AvgIpc) is 2.61. The third-order valence-corrected chi connectivity index (χ3v) is 4.68. The van der Waals surface area contributed by atoms with Gasteiger partial charge in [0.05, 0.1) is 12.2 Å². The number of hydrogen-bond acceptors (Lipinski definition) is 4. The number of anilines is 1. The number of benzene rings is 2. The van der Waals surface area contributed by atoms with Gasteiger partial charge in [-0.25, -0.2) is 4.39 Å². The lowest BCUT2D eigenvalue weighted by Gasteiger charge is -2.37. The lowest BCUT2D eigenvalue weighted by atomic mass is 10.0. The molecule has 0 saturated carbocycles. The van der Waals surface area contributed by atoms with E-state index in [1.54, 1.807) is 12.1 Å². The summed E-state index contributed by atoms with van der Waals surface area (Å²) in [4.78, 5) is 2.28. The Morgan fingerprint density at radius 2 is 1.88 bits per heavy atom. The molecule has 0 aromatic heterocycles. The fourth-order valence-corrected chi connectivity index (χ4v) is 3.44. The molecule has 1 saturated heterocycles. The number of halogens is 1. The monoisotopic (exact) mass is 324 g/mol. The van der Waals surface area contributed by atoms with Crippen molar-refractivity contribution in [3.05, 3.63) is 65.5 Å². The molecule has 1 atom stereocenters. The van der Waals surface area contributed by atoms with Crippen molar-refractivity contribution < 1.29 is 4.39 Å². The fraction of sp³-hybridized carbons (Fsp3) is 0.316. The predicted molar refractivity (Wildman–Crippen MR) is 94.3 cm³/mol. The Hall–Kier alpha value is -2.40. The van der Waals surface area contributed by atoms with Crippen molar-refractivity contribution in [2.75, 3.05) is 18.1 Å². The molecule has 2 aliphatic rings. The minimum atomic E-state index is -0.234. The number of nitrogens with two attached hydrogens (primary N) is 1. The third kappa shape index (κ3) is 2.87. The van der Waals surface area contributed by atoms with Gasteiger partial charge in [0.2, 0.25) is 0 Å². The van der Waals surface area contributed by atoms with Crippen LogP contribution in [0.4, 0.5) is 10.1 Å². The number of rotatable bonds is 1. The molecule has 124 valence electrons. The van der Waals surface area contributed by atoms with Gasteiger partial charge in [0.25, 0.3) is 0 Å². The molecule has 0 bridgehead atoms. The summed E-state index contributed by atoms with van der Waals surface area (Å²) in [5.74, 6) is 0.735. The smallest absolute Gasteiger partial charge is 0.156 e. The largest absolute Gasteiger partial charge is 0.353 e. The van der Waals surface area contributed by atoms with Crippen LogP contribution in [-0.4, -0.2) is 29.9 Å². The van der Waals surface area contributed by atoms with E-state index in [0.29, 0.717) is 6.54 Å². The van der Waals surface area contributed by atoms with Crippen molar-refractivity contribution in [2.24, 2.45) is 10.8 Å². The molecule has 2 aromatic rings. The molecule has 2 aromatic carbocycles. The van der Waals surface area contributed by atoms with Gasteiger partial charge in [0, 0.05) is 24.7 Å². The number of hydrogen-bond donors (Lipinski definition) is 1. The van der Waals surface area contributed by atoms with Crippen LogP contribution in [0, 0.1) is 5.82 Å². The molecular formula is C19H21FN4. The Kier molecular flexibility index (Phi) is 3.94. The van der Waals surface area contributed by atoms with Crippen LogP contribution in [0.3, 0.4) is 0 Å². The van der Waals surface area contributed by atoms with E-state index in [1.165, 1.54) is 23.3 Å². The Bertz CT molecular complexity index is 756. The number of fused-ring (bicyclic) bond motifs is 1. The van der Waals surface area contributed by atoms with Gasteiger partial charge in [0.15, 0.2) is 5.84 Å². The lowest BCUT2D eigenvalue weighted by Crippen LogP contribution is -2.48. The Labute approximate surface area is 141 Å². The van der Waals surface area contributed by atoms with E-state index in [9.17, 15) is 4.39 Å². The second-order valence-electron chi connectivity index (χ2n) is 6.46. The summed E-state index contributed by atoms with van der Waals surface area (Å²) in [7, 11) is 0. The average molecular weight is 324 g/mol. The van der Waals surface area contributed by atoms with E-state index in [4.69, 9.17) is 10.8 Å². The maximum Gasteiger partial charge on any atom is 0.156 e. The second-order valence-corrected chi connectivity index (χ2v) is 6.46. The first-order valence-corrected chi connectivity index (χ1v) is 8.41. The van der Waals surface area contributed by atoms with Crippen molar-refractivity contribution in [3.63, 3.8) is 0 Å². The molecule has 2 aliphatic heterocycles. The maximum atomic E-state index is 13.2. The minimum Gasteiger partial charge on any atom is -0.353 e. The standard InChI is InChI=1S/C19H21FN4/c20-15-7-9-17(10-8-15)24-12-14-4-1-2-6-18(14)19(22-24)23-11-3-5-16(21)13-23/h1-2,4,6-10,16H,3,5,11-13,21H2. The van der Waals surface area contributed by atoms with Gasteiger partial charge in [-0.05, 0) is 42.7 Å². The zero-order chi connectivity index (χ0) is 16.5. The number of amidine groups is 1. The normalized spacial score (nSPS) is 20.6. The molecule has 0 amide bonds. The summed E-state index contributed by atoms with van der Waals surface area (Å²) in [6.07, 6.45) is 2.14. The van der Waals surface area contributed by atoms with Gasteiger partial charge in [-0.1, -0.05) is 24.3 Å². The van der Waals surface area contributed by atoms with E-state index in [1.807, 2.05) is 17.1 Å². The highest BCUT2D eigenvalue weighted by Crippen LogP contribution is 2.27. The lowest BCUT2D eigenvalue weighted by molar-refractivity contribution is 0.308. The van der Waals surface area contributed by atoms with E-state index in [0.717, 1.165) is 37.5 Å². The molecule has 4 rings (SSSR count). The van der Waals surface area contributed by atoms with E-state index >= 15 is 0 Å². The number of likely N-dealkylation sites (tertiary alicyclic amines) is 1. The summed E-state index contributed by atoms with van der Waals surface area (Å²) in [5, 5.41) is 6.82. The predicted octanol–water partition coefficient (Wildman–Crippen LogP) is 2.93. The Balaban J connectivity index is 1.73. The van der Waals surface area contributed by atoms with Crippen LogP contribution in [0.5, 0.6) is 0 Å². The van der Waals surface area contributed by atoms with Gasteiger partial charge in [-0.2, -0.15) is 5.10 Å². The summed E-state index contributed by atoms with van der Waals surface area (Å²) < 4.78 is 13.2. The van der Waals surface area contributed by atoms with E-state index in [2.05, 4.69) is 17.0 Å². The molecular weight excluding hydrogens is 303 g/mol. The zero-order valence-electron chi connectivity index (χ0n) is 13.5. The first-order chi connectivity index (χ1) is 11.7. The van der Waals surface area contributed by atoms with Crippen LogP contribution in [0.25, 0.3) is 0 Å². The third-order valence-electron chi connectivity index (χ3n) is 4.68. The van der Waals surface area contributed by atoms with Crippen molar-refractivity contribution >= 4 is 11.5 Å². The molecule has 2 heterocycles. The minimum absolute atomic E-state index is 0.190. The van der Waals surface area contributed by atoms with Gasteiger partial charge in [-0.15, -0.1) is 0 Å². The maximum absolute atomic E-state index is 13.2. The molecule has 5 heteroatoms. The highest BCUT2D eigenvalue weighted by atomic mass is 19.1. The summed E-state index contributed by atoms with van der Waals surface area (Å²) in [6.45, 7) is 2.48. The van der Waals surface area contributed by atoms with Crippen molar-refractivity contribution in [1.82, 2.24) is 4.90 Å². The van der Waals surface area contributed by atoms with Crippen LogP contribution >= 0.6 is 0 Å². The first kappa shape index (κ1) is 15.1. The summed E-state index contributed by atoms with van der Waals surface area (Å²) in [6, 6.07) is 15.0. The highest BCUT2D eigenvalue weighted by Gasteiger charge is 2.27. The van der Waals surface area contributed by atoms with Crippen molar-refractivity contribution in [3.8, 4) is 0 Å². The summed E-state index contributed by atoms with van der Waals surface area (Å²) >= 11 is 0. The van der Waals surface area contributed by atoms with Crippen LogP contribution in [0.2, 0.25) is 0 Å². The molecule has 0 radical (unpaired) electrons. The molecule has 2 N–H and O–H groups in total. The van der Waals surface area contributed by atoms with Gasteiger partial charge < -0.3 is 10.6 Å². The van der Waals surface area contributed by atoms with Crippen LogP contribution < -0.4 is 10.7 Å². The van der Waals surface area contributed by atoms with Crippen LogP contribution in [0.15, 0.2) is 53.6 Å². The van der Waals surface area contributed by atoms with Crippen LogP contribution in [-0.2, 0) is 6.54 Å². The molecule has 24 heavy (non-hydrogen) atoms. The van der Waals surface area contributed by atoms with Gasteiger partial charge >= 0.3 is 0 Å². The second kappa shape index (κ2) is 6.24. The quantitative estimate of drug-likeness (QED) is 0.877. The molecule has 1 unspecified atom stereocenters. The number of nitrogens with zero attached hydrogens (tertiary/aromatic N) is 3. The van der Waals surface area contributed by atoms with Crippen molar-refractivity contribution in [2.45, 2.75) is 25.4 Å². The molecule has 0 aliphatic carbocycles. The van der Waals surface area contributed by atoms with Gasteiger partial charge in [0.1, 0.15) is 5.82 Å². The van der Waals surface area contributed by atoms with Gasteiger partial charge in [-0.3, -0.25) is 5.01 Å². The Morgan fingerprint density at radius 3 is 2.67 bits per heavy atom.